The predicted octanol–water partition coefficient (Wildman–Crippen LogP) is 3.64. The molecule has 0 saturated carbocycles. The van der Waals surface area contributed by atoms with Gasteiger partial charge >= 0.3 is 0 Å². The summed E-state index contributed by atoms with van der Waals surface area (Å²) >= 11 is 0. The van der Waals surface area contributed by atoms with Crippen LogP contribution in [-0.4, -0.2) is 87.4 Å². The summed E-state index contributed by atoms with van der Waals surface area (Å²) in [7, 11) is 2.14. The van der Waals surface area contributed by atoms with Crippen LogP contribution in [0, 0.1) is 0 Å². The van der Waals surface area contributed by atoms with Crippen molar-refractivity contribution in [3.8, 4) is 5.75 Å². The van der Waals surface area contributed by atoms with Crippen molar-refractivity contribution in [1.82, 2.24) is 20.6 Å². The smallest absolute Gasteiger partial charge is 0.250 e. The fraction of sp³-hybridized carbons (Fsp3) is 0.548. The molecule has 2 aliphatic rings. The first-order valence-corrected chi connectivity index (χ1v) is 14.6. The standard InChI is InChI=1S/C31H44N4O5/c1-34-19-21-35(22-20-34)18-17-32-31(37)26(24-39-28-14-9-12-25-10-5-6-13-27(25)28)11-3-2-4-15-29(36)33-40-30-16-7-8-23-38-30/h5-6,9-14,30H,2-4,7-8,15-24H2,1H3,(H,32,37)(H,33,36)/b26-11+. The number of likely N-dealkylation sites (N-methyl/N-ethyl adjacent to an activating group) is 1. The topological polar surface area (TPSA) is 92.4 Å². The first-order valence-electron chi connectivity index (χ1n) is 14.6. The average Bonchev–Trinajstić information content (AvgIpc) is 2.99. The number of allylic oxidation sites excluding steroid dienone is 1. The first kappa shape index (κ1) is 30.0. The van der Waals surface area contributed by atoms with E-state index in [1.807, 2.05) is 48.5 Å². The van der Waals surface area contributed by atoms with Crippen LogP contribution >= 0.6 is 0 Å². The van der Waals surface area contributed by atoms with Gasteiger partial charge in [0.25, 0.3) is 0 Å². The van der Waals surface area contributed by atoms with Gasteiger partial charge in [-0.3, -0.25) is 14.5 Å². The Hall–Kier alpha value is -2.98. The molecule has 2 fully saturated rings. The van der Waals surface area contributed by atoms with Gasteiger partial charge in [-0.1, -0.05) is 42.5 Å². The van der Waals surface area contributed by atoms with E-state index >= 15 is 0 Å². The SMILES string of the molecule is CN1CCN(CCNC(=O)/C(=C/CCCCC(=O)NOC2CCCCO2)COc2cccc3ccccc23)CC1. The number of piperazine rings is 1. The van der Waals surface area contributed by atoms with E-state index in [-0.39, 0.29) is 24.7 Å². The summed E-state index contributed by atoms with van der Waals surface area (Å²) in [6.07, 6.45) is 6.98. The molecule has 2 aromatic carbocycles. The van der Waals surface area contributed by atoms with E-state index in [0.717, 1.165) is 74.9 Å². The Morgan fingerprint density at radius 2 is 1.88 bits per heavy atom. The molecule has 9 nitrogen and oxygen atoms in total. The summed E-state index contributed by atoms with van der Waals surface area (Å²) in [4.78, 5) is 35.3. The maximum atomic E-state index is 13.2. The number of fused-ring (bicyclic) bond motifs is 1. The van der Waals surface area contributed by atoms with Gasteiger partial charge in [0, 0.05) is 64.1 Å². The fourth-order valence-electron chi connectivity index (χ4n) is 4.90. The Morgan fingerprint density at radius 3 is 2.70 bits per heavy atom. The number of hydrogen-bond acceptors (Lipinski definition) is 7. The van der Waals surface area contributed by atoms with E-state index < -0.39 is 0 Å². The Morgan fingerprint density at radius 1 is 1.05 bits per heavy atom. The number of hydroxylamine groups is 1. The maximum Gasteiger partial charge on any atom is 0.250 e. The molecule has 40 heavy (non-hydrogen) atoms. The first-order chi connectivity index (χ1) is 19.6. The van der Waals surface area contributed by atoms with Crippen molar-refractivity contribution in [3.05, 3.63) is 54.1 Å². The van der Waals surface area contributed by atoms with E-state index in [4.69, 9.17) is 14.3 Å². The molecule has 9 heteroatoms. The van der Waals surface area contributed by atoms with Crippen LogP contribution in [0.5, 0.6) is 5.75 Å². The zero-order valence-electron chi connectivity index (χ0n) is 23.7. The van der Waals surface area contributed by atoms with E-state index in [1.165, 1.54) is 0 Å². The van der Waals surface area contributed by atoms with Crippen LogP contribution < -0.4 is 15.5 Å². The number of nitrogens with zero attached hydrogens (tertiary/aromatic N) is 2. The maximum absolute atomic E-state index is 13.2. The van der Waals surface area contributed by atoms with Crippen molar-refractivity contribution in [3.63, 3.8) is 0 Å². The summed E-state index contributed by atoms with van der Waals surface area (Å²) in [6.45, 7) is 6.43. The zero-order chi connectivity index (χ0) is 28.0. The quantitative estimate of drug-likeness (QED) is 0.210. The number of ether oxygens (including phenoxy) is 2. The molecule has 0 aromatic heterocycles. The summed E-state index contributed by atoms with van der Waals surface area (Å²) in [5.41, 5.74) is 3.11. The molecular formula is C31H44N4O5. The molecule has 0 radical (unpaired) electrons. The minimum Gasteiger partial charge on any atom is -0.488 e. The third kappa shape index (κ3) is 9.89. The molecule has 2 saturated heterocycles. The number of carbonyl (C=O) groups is 2. The van der Waals surface area contributed by atoms with Gasteiger partial charge in [-0.15, -0.1) is 0 Å². The molecule has 2 aromatic rings. The molecule has 2 N–H and O–H groups in total. The molecule has 0 aliphatic carbocycles. The molecule has 2 amide bonds. The monoisotopic (exact) mass is 552 g/mol. The largest absolute Gasteiger partial charge is 0.488 e. The van der Waals surface area contributed by atoms with Gasteiger partial charge in [0.1, 0.15) is 12.4 Å². The van der Waals surface area contributed by atoms with Crippen LogP contribution in [0.4, 0.5) is 0 Å². The van der Waals surface area contributed by atoms with Gasteiger partial charge < -0.3 is 19.7 Å². The lowest BCUT2D eigenvalue weighted by atomic mass is 10.1. The van der Waals surface area contributed by atoms with Crippen molar-refractivity contribution < 1.29 is 23.9 Å². The number of nitrogens with one attached hydrogen (secondary N) is 2. The molecule has 2 heterocycles. The minimum atomic E-state index is -0.348. The molecule has 0 bridgehead atoms. The lowest BCUT2D eigenvalue weighted by molar-refractivity contribution is -0.200. The average molecular weight is 553 g/mol. The highest BCUT2D eigenvalue weighted by atomic mass is 16.8. The van der Waals surface area contributed by atoms with E-state index in [1.54, 1.807) is 0 Å². The number of benzene rings is 2. The Bertz CT molecular complexity index is 1100. The molecule has 0 spiro atoms. The second-order valence-electron chi connectivity index (χ2n) is 10.6. The van der Waals surface area contributed by atoms with Crippen molar-refractivity contribution in [2.24, 2.45) is 0 Å². The number of amides is 2. The minimum absolute atomic E-state index is 0.104. The van der Waals surface area contributed by atoms with Crippen molar-refractivity contribution >= 4 is 22.6 Å². The molecule has 1 unspecified atom stereocenters. The van der Waals surface area contributed by atoms with Crippen LogP contribution in [0.25, 0.3) is 10.8 Å². The molecule has 2 aliphatic heterocycles. The lowest BCUT2D eigenvalue weighted by Gasteiger charge is -2.32. The highest BCUT2D eigenvalue weighted by Gasteiger charge is 2.17. The van der Waals surface area contributed by atoms with Crippen molar-refractivity contribution in [2.45, 2.75) is 51.2 Å². The Kier molecular flexibility index (Phi) is 12.2. The van der Waals surface area contributed by atoms with Crippen molar-refractivity contribution in [1.29, 1.82) is 0 Å². The fourth-order valence-corrected chi connectivity index (χ4v) is 4.90. The summed E-state index contributed by atoms with van der Waals surface area (Å²) < 4.78 is 11.6. The zero-order valence-corrected chi connectivity index (χ0v) is 23.7. The molecule has 1 atom stereocenters. The number of hydrogen-bond donors (Lipinski definition) is 2. The second kappa shape index (κ2) is 16.3. The number of rotatable bonds is 14. The molecule has 218 valence electrons. The molecule has 4 rings (SSSR count). The second-order valence-corrected chi connectivity index (χ2v) is 10.6. The van der Waals surface area contributed by atoms with Gasteiger partial charge in [0.2, 0.25) is 11.8 Å². The summed E-state index contributed by atoms with van der Waals surface area (Å²) in [5.74, 6) is 0.500. The van der Waals surface area contributed by atoms with Crippen LogP contribution in [0.1, 0.15) is 44.9 Å². The van der Waals surface area contributed by atoms with E-state index in [0.29, 0.717) is 38.0 Å². The summed E-state index contributed by atoms with van der Waals surface area (Å²) in [5, 5.41) is 5.20. The van der Waals surface area contributed by atoms with E-state index in [2.05, 4.69) is 27.6 Å². The van der Waals surface area contributed by atoms with Gasteiger partial charge in [0.15, 0.2) is 6.29 Å². The third-order valence-electron chi connectivity index (χ3n) is 7.42. The van der Waals surface area contributed by atoms with Crippen LogP contribution in [0.3, 0.4) is 0 Å². The molecular weight excluding hydrogens is 508 g/mol. The van der Waals surface area contributed by atoms with Crippen LogP contribution in [-0.2, 0) is 19.2 Å². The Labute approximate surface area is 237 Å². The van der Waals surface area contributed by atoms with Gasteiger partial charge in [-0.2, -0.15) is 0 Å². The number of unbranched alkanes of at least 4 members (excludes halogenated alkanes) is 2. The Balaban J connectivity index is 1.25. The number of carbonyl (C=O) groups excluding carboxylic acids is 2. The highest BCUT2D eigenvalue weighted by molar-refractivity contribution is 5.94. The highest BCUT2D eigenvalue weighted by Crippen LogP contribution is 2.25. The lowest BCUT2D eigenvalue weighted by Crippen LogP contribution is -2.47. The third-order valence-corrected chi connectivity index (χ3v) is 7.42. The van der Waals surface area contributed by atoms with Crippen LogP contribution in [0.15, 0.2) is 54.1 Å². The van der Waals surface area contributed by atoms with Gasteiger partial charge in [-0.05, 0) is 50.6 Å². The van der Waals surface area contributed by atoms with Gasteiger partial charge in [0.05, 0.1) is 5.57 Å². The van der Waals surface area contributed by atoms with E-state index in [9.17, 15) is 9.59 Å². The van der Waals surface area contributed by atoms with Crippen LogP contribution in [0.2, 0.25) is 0 Å². The van der Waals surface area contributed by atoms with Crippen molar-refractivity contribution in [2.75, 3.05) is 59.5 Å². The summed E-state index contributed by atoms with van der Waals surface area (Å²) in [6, 6.07) is 14.0. The predicted molar refractivity (Wildman–Crippen MR) is 156 cm³/mol. The van der Waals surface area contributed by atoms with Gasteiger partial charge in [-0.25, -0.2) is 10.3 Å². The normalized spacial score (nSPS) is 18.9.